The Morgan fingerprint density at radius 2 is 0.354 bits per heavy atom. The van der Waals surface area contributed by atoms with Gasteiger partial charge >= 0.3 is 42.7 Å². The van der Waals surface area contributed by atoms with E-state index < -0.39 is 39.2 Å². The number of amides is 7. The Hall–Kier alpha value is -5.39. The molecule has 7 amide bonds. The van der Waals surface area contributed by atoms with Crippen LogP contribution in [0.25, 0.3) is 0 Å². The lowest BCUT2D eigenvalue weighted by Gasteiger charge is -2.48. The molecule has 144 heavy (non-hydrogen) atoms. The molecule has 0 aromatic heterocycles. The Morgan fingerprint density at radius 1 is 0.174 bits per heavy atom. The van der Waals surface area contributed by atoms with E-state index in [4.69, 9.17) is 33.2 Å². The highest BCUT2D eigenvalue weighted by Crippen LogP contribution is 2.49. The van der Waals surface area contributed by atoms with Gasteiger partial charge in [-0.3, -0.25) is 4.90 Å². The van der Waals surface area contributed by atoms with Gasteiger partial charge in [-0.25, -0.2) is 33.6 Å². The van der Waals surface area contributed by atoms with Gasteiger partial charge in [-0.05, 0) is 508 Å². The lowest BCUT2D eigenvalue weighted by atomic mass is 9.71. The predicted octanol–water partition coefficient (Wildman–Crippen LogP) is 23.5. The Bertz CT molecular complexity index is 3850. The number of carbonyl (C=O) groups excluding carboxylic acids is 7. The van der Waals surface area contributed by atoms with Crippen molar-refractivity contribution in [3.8, 4) is 0 Å². The van der Waals surface area contributed by atoms with Gasteiger partial charge in [0.05, 0.1) is 5.54 Å². The normalized spacial score (nSPS) is 24.9. The maximum absolute atomic E-state index is 12.5. The van der Waals surface area contributed by atoms with E-state index >= 15 is 0 Å². The zero-order valence-electron chi connectivity index (χ0n) is 99.0. The highest BCUT2D eigenvalue weighted by molar-refractivity contribution is 5.72. The van der Waals surface area contributed by atoms with Crippen LogP contribution in [-0.4, -0.2) is 375 Å². The van der Waals surface area contributed by atoms with Gasteiger partial charge in [-0.2, -0.15) is 0 Å². The van der Waals surface area contributed by atoms with Gasteiger partial charge < -0.3 is 96.9 Å². The quantitative estimate of drug-likeness (QED) is 0.216. The van der Waals surface area contributed by atoms with Crippen LogP contribution in [0.2, 0.25) is 0 Å². The summed E-state index contributed by atoms with van der Waals surface area (Å²) in [4.78, 5) is 117. The van der Waals surface area contributed by atoms with Crippen molar-refractivity contribution in [1.82, 2.24) is 68.6 Å². The van der Waals surface area contributed by atoms with Crippen molar-refractivity contribution in [1.29, 1.82) is 0 Å². The van der Waals surface area contributed by atoms with E-state index in [0.29, 0.717) is 74.8 Å². The number of rotatable bonds is 7. The van der Waals surface area contributed by atoms with Crippen molar-refractivity contribution in [3.63, 3.8) is 0 Å². The lowest BCUT2D eigenvalue weighted by Crippen LogP contribution is -2.59. The van der Waals surface area contributed by atoms with Gasteiger partial charge in [-0.15, -0.1) is 0 Å². The monoisotopic (exact) mass is 2030 g/mol. The Labute approximate surface area is 878 Å². The van der Waals surface area contributed by atoms with E-state index in [2.05, 4.69) is 131 Å². The van der Waals surface area contributed by atoms with Crippen molar-refractivity contribution in [3.05, 3.63) is 0 Å². The minimum absolute atomic E-state index is 0.0187. The Balaban J connectivity index is 0.000000205. The number of carbonyl (C=O) groups is 7. The summed E-state index contributed by atoms with van der Waals surface area (Å²) in [5.41, 5.74) is -0.547. The van der Waals surface area contributed by atoms with Crippen molar-refractivity contribution >= 4 is 42.7 Å². The second kappa shape index (κ2) is 51.8. The third kappa shape index (κ3) is 39.4. The first kappa shape index (κ1) is 124. The summed E-state index contributed by atoms with van der Waals surface area (Å²) >= 11 is 0. The van der Waals surface area contributed by atoms with E-state index in [1.807, 2.05) is 180 Å². The van der Waals surface area contributed by atoms with Crippen LogP contribution < -0.4 is 0 Å². The number of nitrogens with zero attached hydrogens (tertiary/aromatic N) is 14. The fourth-order valence-electron chi connectivity index (χ4n) is 24.6. The molecule has 0 N–H and O–H groups in total. The van der Waals surface area contributed by atoms with Gasteiger partial charge in [-0.1, -0.05) is 0 Å². The zero-order chi connectivity index (χ0) is 108. The van der Waals surface area contributed by atoms with Crippen LogP contribution in [0.1, 0.15) is 409 Å². The molecule has 0 saturated carbocycles. The predicted molar refractivity (Wildman–Crippen MR) is 584 cm³/mol. The summed E-state index contributed by atoms with van der Waals surface area (Å²) in [6.45, 7) is 99.9. The summed E-state index contributed by atoms with van der Waals surface area (Å²) in [7, 11) is 0. The molecule has 0 radical (unpaired) electrons. The van der Waals surface area contributed by atoms with Crippen LogP contribution in [0, 0.1) is 32.5 Å². The van der Waals surface area contributed by atoms with Crippen LogP contribution >= 0.6 is 0 Å². The fourth-order valence-corrected chi connectivity index (χ4v) is 24.6. The number of ether oxygens (including phenoxy) is 7. The molecule has 14 aliphatic heterocycles. The van der Waals surface area contributed by atoms with Gasteiger partial charge in [0, 0.05) is 152 Å². The first-order chi connectivity index (χ1) is 66.5. The lowest BCUT2D eigenvalue weighted by molar-refractivity contribution is -0.0151. The molecule has 0 aliphatic carbocycles. The molecule has 14 fully saturated rings. The molecular weight excluding hydrogens is 1810 g/mol. The third-order valence-corrected chi connectivity index (χ3v) is 33.5. The molecular formula is C116H218N14O14. The van der Waals surface area contributed by atoms with Crippen molar-refractivity contribution in [2.24, 2.45) is 32.5 Å². The van der Waals surface area contributed by atoms with Gasteiger partial charge in [0.1, 0.15) is 39.2 Å². The molecule has 14 aliphatic rings. The van der Waals surface area contributed by atoms with Crippen molar-refractivity contribution in [2.75, 3.05) is 177 Å². The standard InChI is InChI=1S/4C17H32N2O2.3C16H30N2O2/c1-14(2)18-10-6-17(7-11-18)8-12-19(13-9-17)15(20)21-16(3,4)5;1-14(2)19-10-6-7-17(13-19)8-11-18(12-9-17)15(20)21-16(3,4)5;2*1-14(2)18-11-8-17(9-12-18)7-6-10-19(13-17)15(20)21-16(3,4)5;1-13(2)17-9-6-16(7-10-17)8-11-18(12-16)14(19)20-15(3,4)5;1-13(2)17-10-6-8-16(12-17)9-7-11-18(16)14(19)20-15(3,4)5;1-13(2)17-9-6-7-16(11-17)8-10-18(12-16)14(19)20-15(3,4)5/h4*14H,6-13H2,1-5H3;3*13H,6-12H2,1-5H3. The number of hydrogen-bond acceptors (Lipinski definition) is 21. The number of likely N-dealkylation sites (tertiary alicyclic amines) is 14. The maximum Gasteiger partial charge on any atom is 0.410 e. The first-order valence-electron chi connectivity index (χ1n) is 57.5. The Morgan fingerprint density at radius 3 is 0.639 bits per heavy atom. The molecule has 0 aromatic rings. The summed E-state index contributed by atoms with van der Waals surface area (Å²) < 4.78 is 38.7. The average Bonchev–Trinajstić information content (AvgIpc) is 1.61. The zero-order valence-corrected chi connectivity index (χ0v) is 99.0. The smallest absolute Gasteiger partial charge is 0.410 e. The fraction of sp³-hybridized carbons (Fsp3) is 0.940. The molecule has 0 aromatic carbocycles. The van der Waals surface area contributed by atoms with Crippen molar-refractivity contribution in [2.45, 2.75) is 496 Å². The summed E-state index contributed by atoms with van der Waals surface area (Å²) in [6.07, 6.45) is 30.0. The second-order valence-electron chi connectivity index (χ2n) is 55.7. The van der Waals surface area contributed by atoms with Crippen LogP contribution in [-0.2, 0) is 33.2 Å². The van der Waals surface area contributed by atoms with E-state index in [1.165, 1.54) is 168 Å². The van der Waals surface area contributed by atoms with Gasteiger partial charge in [0.2, 0.25) is 0 Å². The van der Waals surface area contributed by atoms with E-state index in [1.54, 1.807) is 0 Å². The molecule has 14 rings (SSSR count). The highest BCUT2D eigenvalue weighted by Gasteiger charge is 2.52. The van der Waals surface area contributed by atoms with Crippen LogP contribution in [0.4, 0.5) is 33.6 Å². The van der Waals surface area contributed by atoms with E-state index in [0.717, 1.165) is 175 Å². The van der Waals surface area contributed by atoms with Crippen LogP contribution in [0.3, 0.4) is 0 Å². The average molecular weight is 2030 g/mol. The SMILES string of the molecule is CC(C)N1CCC2(CCCN(C(=O)OC(C)(C)C)C2)CC1.CC(C)N1CCC2(CCCN(C(=O)OC(C)(C)C)C2)CC1.CC(C)N1CCC2(CCN(C(=O)OC(C)(C)C)C2)CC1.CC(C)N1CCC2(CCN(C(=O)OC(C)(C)C)CC2)CC1.CC(C)N1CCCC2(CCCN2C(=O)OC(C)(C)C)C1.CC(C)N1CCCC2(CCN(C(=O)OC(C)(C)C)C2)C1.CC(C)N1CCCC2(CCN(C(=O)OC(C)(C)C)CC2)C1. The van der Waals surface area contributed by atoms with Crippen molar-refractivity contribution < 1.29 is 66.7 Å². The van der Waals surface area contributed by atoms with Crippen LogP contribution in [0.5, 0.6) is 0 Å². The number of piperidine rings is 11. The second-order valence-corrected chi connectivity index (χ2v) is 55.7. The molecule has 14 saturated heterocycles. The molecule has 836 valence electrons. The molecule has 14 heterocycles. The van der Waals surface area contributed by atoms with Gasteiger partial charge in [0.15, 0.2) is 0 Å². The molecule has 2 atom stereocenters. The highest BCUT2D eigenvalue weighted by atomic mass is 16.6. The Kier molecular flexibility index (Phi) is 44.6. The maximum atomic E-state index is 12.5. The minimum Gasteiger partial charge on any atom is -0.444 e. The molecule has 7 spiro atoms. The summed E-state index contributed by atoms with van der Waals surface area (Å²) in [5, 5.41) is 0. The largest absolute Gasteiger partial charge is 0.444 e. The van der Waals surface area contributed by atoms with Gasteiger partial charge in [0.25, 0.3) is 0 Å². The summed E-state index contributed by atoms with van der Waals surface area (Å²) in [6, 6.07) is 4.34. The first-order valence-corrected chi connectivity index (χ1v) is 57.5. The summed E-state index contributed by atoms with van der Waals surface area (Å²) in [5.74, 6) is 0. The third-order valence-electron chi connectivity index (χ3n) is 33.5. The van der Waals surface area contributed by atoms with E-state index in [-0.39, 0.29) is 48.2 Å². The molecule has 28 heteroatoms. The van der Waals surface area contributed by atoms with E-state index in [9.17, 15) is 33.6 Å². The molecule has 2 unspecified atom stereocenters. The minimum atomic E-state index is -0.409. The topological polar surface area (TPSA) is 229 Å². The molecule has 28 nitrogen and oxygen atoms in total. The number of hydrogen-bond donors (Lipinski definition) is 0. The molecule has 0 bridgehead atoms. The van der Waals surface area contributed by atoms with Crippen LogP contribution in [0.15, 0.2) is 0 Å².